The Balaban J connectivity index is 1.67. The van der Waals surface area contributed by atoms with Gasteiger partial charge < -0.3 is 10.7 Å². The van der Waals surface area contributed by atoms with Gasteiger partial charge in [-0.25, -0.2) is 4.68 Å². The molecule has 2 heterocycles. The van der Waals surface area contributed by atoms with E-state index >= 15 is 0 Å². The second kappa shape index (κ2) is 7.25. The van der Waals surface area contributed by atoms with Crippen LogP contribution in [0, 0.1) is 13.8 Å². The second-order valence-corrected chi connectivity index (χ2v) is 7.91. The Bertz CT molecular complexity index is 991. The van der Waals surface area contributed by atoms with Crippen LogP contribution >= 0.6 is 23.4 Å². The first-order valence-electron chi connectivity index (χ1n) is 8.50. The number of hydrogen-bond acceptors (Lipinski definition) is 5. The first-order chi connectivity index (χ1) is 13.0. The van der Waals surface area contributed by atoms with Crippen molar-refractivity contribution in [1.29, 1.82) is 0 Å². The number of hydrogen-bond donors (Lipinski definition) is 2. The fraction of sp³-hybridized carbons (Fsp3) is 0.211. The van der Waals surface area contributed by atoms with E-state index in [4.69, 9.17) is 11.6 Å². The molecular weight excluding hydrogens is 382 g/mol. The van der Waals surface area contributed by atoms with Crippen LogP contribution in [0.1, 0.15) is 23.0 Å². The van der Waals surface area contributed by atoms with Crippen LogP contribution in [0.4, 0.5) is 5.69 Å². The normalized spacial score (nSPS) is 18.5. The third kappa shape index (κ3) is 3.52. The molecule has 6 nitrogen and oxygen atoms in total. The monoisotopic (exact) mass is 399 g/mol. The first-order valence-corrected chi connectivity index (χ1v) is 9.76. The molecule has 3 aromatic rings. The number of carbonyl (C=O) groups is 1. The van der Waals surface area contributed by atoms with Gasteiger partial charge in [0.1, 0.15) is 11.1 Å². The number of aromatic nitrogens is 3. The number of nitrogens with zero attached hydrogens (tertiary/aromatic N) is 3. The van der Waals surface area contributed by atoms with Crippen molar-refractivity contribution in [2.75, 3.05) is 10.7 Å². The lowest BCUT2D eigenvalue weighted by molar-refractivity contribution is -0.116. The lowest BCUT2D eigenvalue weighted by atomic mass is 10.0. The Morgan fingerprint density at radius 2 is 1.96 bits per heavy atom. The van der Waals surface area contributed by atoms with Crippen LogP contribution in [0.2, 0.25) is 5.02 Å². The summed E-state index contributed by atoms with van der Waals surface area (Å²) in [6.07, 6.45) is 0. The second-order valence-electron chi connectivity index (χ2n) is 6.37. The summed E-state index contributed by atoms with van der Waals surface area (Å²) in [6, 6.07) is 15.1. The Morgan fingerprint density at radius 3 is 2.74 bits per heavy atom. The van der Waals surface area contributed by atoms with E-state index < -0.39 is 5.25 Å². The van der Waals surface area contributed by atoms with Crippen molar-refractivity contribution in [1.82, 2.24) is 14.9 Å². The van der Waals surface area contributed by atoms with Crippen molar-refractivity contribution >= 4 is 35.0 Å². The third-order valence-electron chi connectivity index (χ3n) is 4.47. The molecule has 0 saturated heterocycles. The predicted octanol–water partition coefficient (Wildman–Crippen LogP) is 3.95. The number of aryl methyl sites for hydroxylation is 2. The number of carbonyl (C=O) groups excluding carboxylic acids is 1. The van der Waals surface area contributed by atoms with Gasteiger partial charge in [-0.3, -0.25) is 4.79 Å². The van der Waals surface area contributed by atoms with Gasteiger partial charge >= 0.3 is 0 Å². The van der Waals surface area contributed by atoms with Gasteiger partial charge in [-0.2, -0.15) is 0 Å². The van der Waals surface area contributed by atoms with Crippen LogP contribution in [0.5, 0.6) is 0 Å². The molecule has 0 fully saturated rings. The molecule has 1 aliphatic rings. The quantitative estimate of drug-likeness (QED) is 0.697. The van der Waals surface area contributed by atoms with Crippen LogP contribution in [-0.4, -0.2) is 26.0 Å². The molecule has 0 aliphatic carbocycles. The largest absolute Gasteiger partial charge is 0.325 e. The highest BCUT2D eigenvalue weighted by Crippen LogP contribution is 2.37. The predicted molar refractivity (Wildman–Crippen MR) is 108 cm³/mol. The summed E-state index contributed by atoms with van der Waals surface area (Å²) in [4.78, 5) is 13.2. The molecule has 8 heteroatoms. The summed E-state index contributed by atoms with van der Waals surface area (Å²) in [5.74, 6) is 0.640. The summed E-state index contributed by atoms with van der Waals surface area (Å²) in [6.45, 7) is 3.81. The van der Waals surface area contributed by atoms with Gasteiger partial charge in [-0.15, -0.1) is 10.2 Å². The van der Waals surface area contributed by atoms with Crippen molar-refractivity contribution in [2.45, 2.75) is 30.3 Å². The van der Waals surface area contributed by atoms with Crippen molar-refractivity contribution in [3.8, 4) is 0 Å². The summed E-state index contributed by atoms with van der Waals surface area (Å²) >= 11 is 7.49. The van der Waals surface area contributed by atoms with Gasteiger partial charge in [0, 0.05) is 10.7 Å². The summed E-state index contributed by atoms with van der Waals surface area (Å²) in [7, 11) is 0. The standard InChI is InChI=1S/C19H18ClN5OS/c1-11-8-9-14(20)10-15(11)21-18(26)17-16(13-6-4-3-5-7-13)24-25-12(2)22-23-19(25)27-17/h3-10,16-17,24H,1-2H3,(H,21,26)/t16-,17-/m1/s1. The lowest BCUT2D eigenvalue weighted by Gasteiger charge is -2.32. The number of fused-ring (bicyclic) bond motifs is 1. The van der Waals surface area contributed by atoms with Gasteiger partial charge in [0.05, 0.1) is 6.04 Å². The Morgan fingerprint density at radius 1 is 1.19 bits per heavy atom. The SMILES string of the molecule is Cc1ccc(Cl)cc1NC(=O)[C@@H]1Sc2nnc(C)n2N[C@@H]1c1ccccc1. The molecule has 27 heavy (non-hydrogen) atoms. The molecule has 0 unspecified atom stereocenters. The average Bonchev–Trinajstić information content (AvgIpc) is 3.04. The van der Waals surface area contributed by atoms with Gasteiger partial charge in [0.15, 0.2) is 0 Å². The van der Waals surface area contributed by atoms with Crippen molar-refractivity contribution in [2.24, 2.45) is 0 Å². The smallest absolute Gasteiger partial charge is 0.240 e. The number of rotatable bonds is 3. The number of anilines is 1. The van der Waals surface area contributed by atoms with Crippen molar-refractivity contribution < 1.29 is 4.79 Å². The van der Waals surface area contributed by atoms with E-state index in [1.807, 2.05) is 61.0 Å². The van der Waals surface area contributed by atoms with E-state index in [2.05, 4.69) is 20.9 Å². The molecule has 0 saturated carbocycles. The minimum absolute atomic E-state index is 0.112. The Kier molecular flexibility index (Phi) is 4.80. The van der Waals surface area contributed by atoms with E-state index in [0.29, 0.717) is 15.9 Å². The Hall–Kier alpha value is -2.51. The molecule has 138 valence electrons. The topological polar surface area (TPSA) is 71.8 Å². The highest BCUT2D eigenvalue weighted by molar-refractivity contribution is 8.00. The zero-order valence-electron chi connectivity index (χ0n) is 14.8. The fourth-order valence-electron chi connectivity index (χ4n) is 3.00. The molecule has 4 rings (SSSR count). The fourth-order valence-corrected chi connectivity index (χ4v) is 4.30. The summed E-state index contributed by atoms with van der Waals surface area (Å²) < 4.78 is 1.83. The van der Waals surface area contributed by atoms with Gasteiger partial charge in [-0.1, -0.05) is 59.8 Å². The number of thioether (sulfide) groups is 1. The van der Waals surface area contributed by atoms with E-state index in [1.54, 1.807) is 6.07 Å². The van der Waals surface area contributed by atoms with Crippen LogP contribution in [0.3, 0.4) is 0 Å². The van der Waals surface area contributed by atoms with Crippen LogP contribution in [0.25, 0.3) is 0 Å². The highest BCUT2D eigenvalue weighted by Gasteiger charge is 2.37. The van der Waals surface area contributed by atoms with Crippen LogP contribution in [-0.2, 0) is 4.79 Å². The maximum atomic E-state index is 13.2. The number of amides is 1. The van der Waals surface area contributed by atoms with E-state index in [1.165, 1.54) is 11.8 Å². The molecule has 2 N–H and O–H groups in total. The molecule has 1 amide bonds. The molecule has 1 aliphatic heterocycles. The van der Waals surface area contributed by atoms with Crippen LogP contribution < -0.4 is 10.7 Å². The molecule has 0 bridgehead atoms. The maximum absolute atomic E-state index is 13.2. The minimum Gasteiger partial charge on any atom is -0.325 e. The molecule has 0 spiro atoms. The van der Waals surface area contributed by atoms with Gasteiger partial charge in [0.25, 0.3) is 0 Å². The molecular formula is C19H18ClN5OS. The number of nitrogens with one attached hydrogen (secondary N) is 2. The zero-order chi connectivity index (χ0) is 19.0. The number of benzene rings is 2. The maximum Gasteiger partial charge on any atom is 0.240 e. The minimum atomic E-state index is -0.415. The molecule has 2 aromatic carbocycles. The average molecular weight is 400 g/mol. The number of halogens is 1. The van der Waals surface area contributed by atoms with Crippen LogP contribution in [0.15, 0.2) is 53.7 Å². The van der Waals surface area contributed by atoms with Crippen molar-refractivity contribution in [3.05, 3.63) is 70.5 Å². The van der Waals surface area contributed by atoms with E-state index in [9.17, 15) is 4.79 Å². The lowest BCUT2D eigenvalue weighted by Crippen LogP contribution is -2.41. The Labute approximate surface area is 166 Å². The molecule has 0 radical (unpaired) electrons. The van der Waals surface area contributed by atoms with Gasteiger partial charge in [0.2, 0.25) is 11.1 Å². The van der Waals surface area contributed by atoms with E-state index in [0.717, 1.165) is 17.0 Å². The van der Waals surface area contributed by atoms with E-state index in [-0.39, 0.29) is 11.9 Å². The zero-order valence-corrected chi connectivity index (χ0v) is 16.4. The molecule has 1 aromatic heterocycles. The molecule has 2 atom stereocenters. The summed E-state index contributed by atoms with van der Waals surface area (Å²) in [5.41, 5.74) is 6.07. The summed E-state index contributed by atoms with van der Waals surface area (Å²) in [5, 5.41) is 12.1. The third-order valence-corrected chi connectivity index (χ3v) is 5.92. The van der Waals surface area contributed by atoms with Gasteiger partial charge in [-0.05, 0) is 37.1 Å². The first kappa shape index (κ1) is 17.9. The van der Waals surface area contributed by atoms with Crippen molar-refractivity contribution in [3.63, 3.8) is 0 Å². The highest BCUT2D eigenvalue weighted by atomic mass is 35.5.